The van der Waals surface area contributed by atoms with Gasteiger partial charge in [0, 0.05) is 31.2 Å². The van der Waals surface area contributed by atoms with Crippen LogP contribution in [0.25, 0.3) is 0 Å². The Morgan fingerprint density at radius 3 is 1.83 bits per heavy atom. The normalized spacial score (nSPS) is 13.6. The first-order valence-corrected chi connectivity index (χ1v) is 12.9. The maximum Gasteiger partial charge on any atom is 0.326 e. The second kappa shape index (κ2) is 14.9. The van der Waals surface area contributed by atoms with Gasteiger partial charge in [0.15, 0.2) is 0 Å². The lowest BCUT2D eigenvalue weighted by atomic mass is 10.0. The molecule has 0 spiro atoms. The SMILES string of the molecule is NC(Cc1cnc[nH]1)C(=O)NC(Cc1ccc(O)cc1)C(=O)NC(Cc1ccccc1)C(=O)NC(CC(=O)O)C(=O)O. The number of hydrogen-bond acceptors (Lipinski definition) is 8. The van der Waals surface area contributed by atoms with Gasteiger partial charge in [0.2, 0.25) is 17.7 Å². The first kappa shape index (κ1) is 31.3. The highest BCUT2D eigenvalue weighted by atomic mass is 16.4. The number of aromatic hydroxyl groups is 1. The van der Waals surface area contributed by atoms with Gasteiger partial charge in [-0.05, 0) is 23.3 Å². The van der Waals surface area contributed by atoms with Gasteiger partial charge >= 0.3 is 11.9 Å². The van der Waals surface area contributed by atoms with Crippen molar-refractivity contribution >= 4 is 29.7 Å². The number of aliphatic carboxylic acids is 2. The van der Waals surface area contributed by atoms with Crippen molar-refractivity contribution in [1.29, 1.82) is 0 Å². The number of phenolic OH excluding ortho intramolecular Hbond substituents is 1. The van der Waals surface area contributed by atoms with Crippen molar-refractivity contribution in [2.75, 3.05) is 0 Å². The number of carbonyl (C=O) groups excluding carboxylic acids is 3. The Labute approximate surface area is 240 Å². The van der Waals surface area contributed by atoms with Gasteiger partial charge < -0.3 is 42.0 Å². The third-order valence-corrected chi connectivity index (χ3v) is 6.25. The largest absolute Gasteiger partial charge is 0.508 e. The Balaban J connectivity index is 1.83. The number of hydrogen-bond donors (Lipinski definition) is 8. The summed E-state index contributed by atoms with van der Waals surface area (Å²) >= 11 is 0. The van der Waals surface area contributed by atoms with Crippen LogP contribution in [0.1, 0.15) is 23.2 Å². The van der Waals surface area contributed by atoms with E-state index in [1.807, 2.05) is 0 Å². The zero-order valence-corrected chi connectivity index (χ0v) is 22.4. The first-order valence-electron chi connectivity index (χ1n) is 12.9. The number of aromatic nitrogens is 2. The van der Waals surface area contributed by atoms with Crippen molar-refractivity contribution in [3.05, 3.63) is 83.9 Å². The standard InChI is InChI=1S/C28H32N6O8/c29-20(12-18-14-30-15-31-18)25(38)32-21(11-17-6-8-19(35)9-7-17)26(39)33-22(10-16-4-2-1-3-5-16)27(40)34-23(28(41)42)13-24(36)37/h1-9,14-15,20-23,35H,10-13,29H2,(H,30,31)(H,32,38)(H,33,39)(H,34,40)(H,36,37)(H,41,42). The third kappa shape index (κ3) is 9.75. The van der Waals surface area contributed by atoms with Crippen LogP contribution in [0, 0.1) is 0 Å². The molecule has 3 rings (SSSR count). The molecule has 14 heteroatoms. The number of phenols is 1. The van der Waals surface area contributed by atoms with Crippen molar-refractivity contribution < 1.29 is 39.3 Å². The minimum absolute atomic E-state index is 0.000640. The lowest BCUT2D eigenvalue weighted by Gasteiger charge is -2.25. The van der Waals surface area contributed by atoms with Crippen LogP contribution < -0.4 is 21.7 Å². The molecule has 0 saturated carbocycles. The van der Waals surface area contributed by atoms with Crippen LogP contribution in [0.15, 0.2) is 67.1 Å². The number of nitrogens with zero attached hydrogens (tertiary/aromatic N) is 1. The zero-order valence-electron chi connectivity index (χ0n) is 22.4. The summed E-state index contributed by atoms with van der Waals surface area (Å²) in [6.45, 7) is 0. The third-order valence-electron chi connectivity index (χ3n) is 6.25. The minimum atomic E-state index is -1.74. The van der Waals surface area contributed by atoms with Gasteiger partial charge in [0.1, 0.15) is 23.9 Å². The number of amides is 3. The van der Waals surface area contributed by atoms with E-state index in [-0.39, 0.29) is 25.0 Å². The van der Waals surface area contributed by atoms with E-state index in [4.69, 9.17) is 10.8 Å². The fourth-order valence-electron chi connectivity index (χ4n) is 4.06. The summed E-state index contributed by atoms with van der Waals surface area (Å²) in [6, 6.07) is 9.18. The molecule has 9 N–H and O–H groups in total. The van der Waals surface area contributed by atoms with E-state index < -0.39 is 60.2 Å². The number of benzene rings is 2. The summed E-state index contributed by atoms with van der Waals surface area (Å²) in [5.74, 6) is -5.34. The molecule has 0 bridgehead atoms. The number of H-pyrrole nitrogens is 1. The quantitative estimate of drug-likeness (QED) is 0.114. The minimum Gasteiger partial charge on any atom is -0.508 e. The van der Waals surface area contributed by atoms with E-state index in [9.17, 15) is 34.2 Å². The Morgan fingerprint density at radius 2 is 1.31 bits per heavy atom. The van der Waals surface area contributed by atoms with Gasteiger partial charge in [-0.15, -0.1) is 0 Å². The predicted molar refractivity (Wildman–Crippen MR) is 148 cm³/mol. The molecule has 42 heavy (non-hydrogen) atoms. The molecule has 4 unspecified atom stereocenters. The number of imidazole rings is 1. The van der Waals surface area contributed by atoms with Crippen LogP contribution in [0.3, 0.4) is 0 Å². The van der Waals surface area contributed by atoms with Gasteiger partial charge in [0.25, 0.3) is 0 Å². The molecule has 4 atom stereocenters. The van der Waals surface area contributed by atoms with Crippen molar-refractivity contribution in [2.45, 2.75) is 49.9 Å². The van der Waals surface area contributed by atoms with Crippen molar-refractivity contribution in [2.24, 2.45) is 5.73 Å². The highest BCUT2D eigenvalue weighted by molar-refractivity contribution is 5.95. The van der Waals surface area contributed by atoms with Crippen LogP contribution >= 0.6 is 0 Å². The second-order valence-electron chi connectivity index (χ2n) is 9.57. The number of rotatable bonds is 15. The number of nitrogens with two attached hydrogens (primary N) is 1. The summed E-state index contributed by atoms with van der Waals surface area (Å²) in [5, 5.41) is 35.4. The fourth-order valence-corrected chi connectivity index (χ4v) is 4.06. The van der Waals surface area contributed by atoms with Crippen molar-refractivity contribution in [3.8, 4) is 5.75 Å². The molecule has 3 aromatic rings. The van der Waals surface area contributed by atoms with Crippen LogP contribution in [0.4, 0.5) is 0 Å². The molecule has 0 saturated heterocycles. The number of carboxylic acids is 2. The lowest BCUT2D eigenvalue weighted by Crippen LogP contribution is -2.58. The predicted octanol–water partition coefficient (Wildman–Crippen LogP) is -0.516. The second-order valence-corrected chi connectivity index (χ2v) is 9.57. The Kier molecular flexibility index (Phi) is 11.1. The van der Waals surface area contributed by atoms with E-state index in [1.165, 1.54) is 24.7 Å². The van der Waals surface area contributed by atoms with Gasteiger partial charge in [-0.1, -0.05) is 42.5 Å². The average molecular weight is 581 g/mol. The molecular formula is C28H32N6O8. The lowest BCUT2D eigenvalue weighted by molar-refractivity contribution is -0.147. The molecule has 0 aliphatic rings. The van der Waals surface area contributed by atoms with Crippen LogP contribution in [-0.2, 0) is 43.2 Å². The number of aromatic amines is 1. The van der Waals surface area contributed by atoms with E-state index in [0.29, 0.717) is 16.8 Å². The summed E-state index contributed by atoms with van der Waals surface area (Å²) in [4.78, 5) is 69.1. The van der Waals surface area contributed by atoms with Crippen LogP contribution in [-0.4, -0.2) is 79.1 Å². The van der Waals surface area contributed by atoms with E-state index in [2.05, 4.69) is 25.9 Å². The summed E-state index contributed by atoms with van der Waals surface area (Å²) in [5.41, 5.74) is 7.86. The number of nitrogens with one attached hydrogen (secondary N) is 4. The monoisotopic (exact) mass is 580 g/mol. The number of carbonyl (C=O) groups is 5. The maximum absolute atomic E-state index is 13.6. The highest BCUT2D eigenvalue weighted by Crippen LogP contribution is 2.13. The summed E-state index contributed by atoms with van der Waals surface area (Å²) in [6.07, 6.45) is 2.08. The Hall–Kier alpha value is -5.24. The van der Waals surface area contributed by atoms with Crippen molar-refractivity contribution in [3.63, 3.8) is 0 Å². The van der Waals surface area contributed by atoms with Gasteiger partial charge in [0.05, 0.1) is 18.8 Å². The molecule has 222 valence electrons. The molecule has 0 aliphatic heterocycles. The molecule has 0 radical (unpaired) electrons. The number of carboxylic acid groups (broad SMARTS) is 2. The molecule has 3 amide bonds. The molecular weight excluding hydrogens is 548 g/mol. The molecule has 0 aliphatic carbocycles. The molecule has 0 fully saturated rings. The Morgan fingerprint density at radius 1 is 0.762 bits per heavy atom. The van der Waals surface area contributed by atoms with E-state index in [0.717, 1.165) is 0 Å². The molecule has 2 aromatic carbocycles. The Bertz CT molecular complexity index is 1360. The van der Waals surface area contributed by atoms with Gasteiger partial charge in [-0.3, -0.25) is 19.2 Å². The van der Waals surface area contributed by atoms with Crippen LogP contribution in [0.5, 0.6) is 5.75 Å². The first-order chi connectivity index (χ1) is 20.0. The van der Waals surface area contributed by atoms with Crippen molar-refractivity contribution in [1.82, 2.24) is 25.9 Å². The van der Waals surface area contributed by atoms with Gasteiger partial charge in [-0.25, -0.2) is 9.78 Å². The smallest absolute Gasteiger partial charge is 0.326 e. The molecule has 1 aromatic heterocycles. The maximum atomic E-state index is 13.6. The fraction of sp³-hybridized carbons (Fsp3) is 0.286. The highest BCUT2D eigenvalue weighted by Gasteiger charge is 2.31. The zero-order chi connectivity index (χ0) is 30.6. The summed E-state index contributed by atoms with van der Waals surface area (Å²) < 4.78 is 0. The average Bonchev–Trinajstić information content (AvgIpc) is 3.46. The van der Waals surface area contributed by atoms with E-state index in [1.54, 1.807) is 42.5 Å². The molecule has 14 nitrogen and oxygen atoms in total. The topological polar surface area (TPSA) is 237 Å². The molecule has 1 heterocycles. The van der Waals surface area contributed by atoms with Crippen LogP contribution in [0.2, 0.25) is 0 Å². The summed E-state index contributed by atoms with van der Waals surface area (Å²) in [7, 11) is 0. The van der Waals surface area contributed by atoms with Gasteiger partial charge in [-0.2, -0.15) is 0 Å². The van der Waals surface area contributed by atoms with E-state index >= 15 is 0 Å².